The zero-order valence-electron chi connectivity index (χ0n) is 5.39. The van der Waals surface area contributed by atoms with Crippen molar-refractivity contribution in [3.05, 3.63) is 0 Å². The maximum absolute atomic E-state index is 9.63. The van der Waals surface area contributed by atoms with Crippen molar-refractivity contribution < 1.29 is 9.59 Å². The van der Waals surface area contributed by atoms with Gasteiger partial charge in [-0.1, -0.05) is 11.8 Å². The van der Waals surface area contributed by atoms with Crippen molar-refractivity contribution in [2.75, 3.05) is 0 Å². The fraction of sp³-hybridized carbons (Fsp3) is 0.250. The quantitative estimate of drug-likeness (QED) is 0.291. The van der Waals surface area contributed by atoms with Gasteiger partial charge in [0.05, 0.1) is 0 Å². The molecule has 0 aromatic rings. The fourth-order valence-corrected chi connectivity index (χ4v) is 0.353. The molecule has 0 unspecified atom stereocenters. The first-order chi connectivity index (χ1) is 4.91. The monoisotopic (exact) mass is 134 g/mol. The average molecular weight is 134 g/mol. The minimum Gasteiger partial charge on any atom is -0.289 e. The lowest BCUT2D eigenvalue weighted by Gasteiger charge is -1.73. The van der Waals surface area contributed by atoms with Crippen molar-refractivity contribution in [1.82, 2.24) is 0 Å². The summed E-state index contributed by atoms with van der Waals surface area (Å²) in [5, 5.41) is 0. The Morgan fingerprint density at radius 3 is 1.60 bits per heavy atom. The Morgan fingerprint density at radius 2 is 1.30 bits per heavy atom. The van der Waals surface area contributed by atoms with Crippen molar-refractivity contribution in [3.8, 4) is 23.7 Å². The van der Waals surface area contributed by atoms with Gasteiger partial charge in [0.15, 0.2) is 12.6 Å². The molecule has 2 heteroatoms. The van der Waals surface area contributed by atoms with Crippen LogP contribution < -0.4 is 0 Å². The van der Waals surface area contributed by atoms with Crippen LogP contribution in [0.1, 0.15) is 12.8 Å². The zero-order valence-corrected chi connectivity index (χ0v) is 5.39. The van der Waals surface area contributed by atoms with Gasteiger partial charge in [0.2, 0.25) is 0 Å². The highest BCUT2D eigenvalue weighted by Crippen LogP contribution is 1.80. The molecule has 0 aromatic heterocycles. The number of rotatable bonds is 1. The molecule has 0 aliphatic heterocycles. The van der Waals surface area contributed by atoms with Crippen LogP contribution in [-0.2, 0) is 9.59 Å². The Kier molecular flexibility index (Phi) is 6.31. The third kappa shape index (κ3) is 6.46. The lowest BCUT2D eigenvalue weighted by atomic mass is 10.3. The molecule has 0 amide bonds. The molecule has 0 rings (SSSR count). The van der Waals surface area contributed by atoms with Gasteiger partial charge in [0.1, 0.15) is 0 Å². The van der Waals surface area contributed by atoms with Gasteiger partial charge in [-0.15, -0.1) is 0 Å². The molecule has 0 heterocycles. The highest BCUT2D eigenvalue weighted by Gasteiger charge is 1.71. The summed E-state index contributed by atoms with van der Waals surface area (Å²) < 4.78 is 0. The second kappa shape index (κ2) is 7.46. The van der Waals surface area contributed by atoms with E-state index in [4.69, 9.17) is 0 Å². The molecule has 10 heavy (non-hydrogen) atoms. The number of aldehydes is 2. The second-order valence-corrected chi connectivity index (χ2v) is 1.38. The molecule has 0 bridgehead atoms. The second-order valence-electron chi connectivity index (χ2n) is 1.38. The van der Waals surface area contributed by atoms with Crippen molar-refractivity contribution in [2.45, 2.75) is 12.8 Å². The summed E-state index contributed by atoms with van der Waals surface area (Å²) in [4.78, 5) is 19.3. The van der Waals surface area contributed by atoms with E-state index in [1.807, 2.05) is 0 Å². The van der Waals surface area contributed by atoms with Crippen LogP contribution in [-0.4, -0.2) is 12.6 Å². The highest BCUT2D eigenvalue weighted by molar-refractivity contribution is 5.73. The summed E-state index contributed by atoms with van der Waals surface area (Å²) in [6, 6.07) is 0. The molecule has 0 fully saturated rings. The molecule has 0 saturated carbocycles. The van der Waals surface area contributed by atoms with E-state index >= 15 is 0 Å². The van der Waals surface area contributed by atoms with E-state index in [1.165, 1.54) is 0 Å². The smallest absolute Gasteiger partial charge is 0.192 e. The predicted molar refractivity (Wildman–Crippen MR) is 36.9 cm³/mol. The summed E-state index contributed by atoms with van der Waals surface area (Å²) in [5.74, 6) is 9.59. The summed E-state index contributed by atoms with van der Waals surface area (Å²) in [6.07, 6.45) is 2.15. The topological polar surface area (TPSA) is 34.1 Å². The minimum absolute atomic E-state index is 0.535. The Labute approximate surface area is 59.6 Å². The van der Waals surface area contributed by atoms with Crippen molar-refractivity contribution >= 4 is 12.6 Å². The van der Waals surface area contributed by atoms with E-state index in [0.717, 1.165) is 0 Å². The first-order valence-electron chi connectivity index (χ1n) is 2.76. The van der Waals surface area contributed by atoms with E-state index in [9.17, 15) is 9.59 Å². The predicted octanol–water partition coefficient (Wildman–Crippen LogP) is 0.171. The van der Waals surface area contributed by atoms with Crippen LogP contribution in [0.3, 0.4) is 0 Å². The van der Waals surface area contributed by atoms with Gasteiger partial charge in [-0.2, -0.15) is 0 Å². The van der Waals surface area contributed by atoms with Gasteiger partial charge < -0.3 is 0 Å². The first kappa shape index (κ1) is 8.46. The molecule has 0 saturated heterocycles. The van der Waals surface area contributed by atoms with Crippen LogP contribution in [0.4, 0.5) is 0 Å². The van der Waals surface area contributed by atoms with E-state index in [2.05, 4.69) is 23.7 Å². The highest BCUT2D eigenvalue weighted by atomic mass is 16.1. The number of hydrogen-bond donors (Lipinski definition) is 0. The molecule has 0 N–H and O–H groups in total. The largest absolute Gasteiger partial charge is 0.289 e. The van der Waals surface area contributed by atoms with E-state index < -0.39 is 0 Å². The SMILES string of the molecule is O=CC#CCCC#CC=O. The molecular formula is C8H6O2. The number of carbonyl (C=O) groups excluding carboxylic acids is 2. The Bertz CT molecular complexity index is 193. The van der Waals surface area contributed by atoms with Gasteiger partial charge in [0.25, 0.3) is 0 Å². The average Bonchev–Trinajstić information content (AvgIpc) is 1.97. The lowest BCUT2D eigenvalue weighted by molar-refractivity contribution is -0.104. The normalized spacial score (nSPS) is 6.00. The number of unbranched alkanes of at least 4 members (excludes halogenated alkanes) is 1. The van der Waals surface area contributed by atoms with Crippen molar-refractivity contribution in [1.29, 1.82) is 0 Å². The standard InChI is InChI=1S/C8H6O2/c9-7-5-3-1-2-4-6-8-10/h7-8H,1-2H2. The van der Waals surface area contributed by atoms with Crippen LogP contribution in [0.2, 0.25) is 0 Å². The third-order valence-corrected chi connectivity index (χ3v) is 0.697. The first-order valence-corrected chi connectivity index (χ1v) is 2.76. The Hall–Kier alpha value is -1.54. The number of carbonyl (C=O) groups is 2. The molecule has 50 valence electrons. The van der Waals surface area contributed by atoms with Gasteiger partial charge in [-0.3, -0.25) is 9.59 Å². The van der Waals surface area contributed by atoms with E-state index in [1.54, 1.807) is 0 Å². The van der Waals surface area contributed by atoms with Crippen LogP contribution in [0.5, 0.6) is 0 Å². The third-order valence-electron chi connectivity index (χ3n) is 0.697. The van der Waals surface area contributed by atoms with Crippen LogP contribution in [0, 0.1) is 23.7 Å². The Balaban J connectivity index is 3.37. The van der Waals surface area contributed by atoms with Crippen molar-refractivity contribution in [2.24, 2.45) is 0 Å². The molecular weight excluding hydrogens is 128 g/mol. The number of hydrogen-bond acceptors (Lipinski definition) is 2. The van der Waals surface area contributed by atoms with Crippen molar-refractivity contribution in [3.63, 3.8) is 0 Å². The zero-order chi connectivity index (χ0) is 7.66. The van der Waals surface area contributed by atoms with Gasteiger partial charge in [-0.05, 0) is 11.8 Å². The Morgan fingerprint density at radius 1 is 0.900 bits per heavy atom. The molecule has 0 aliphatic carbocycles. The summed E-state index contributed by atoms with van der Waals surface area (Å²) in [7, 11) is 0. The summed E-state index contributed by atoms with van der Waals surface area (Å²) in [5.41, 5.74) is 0. The lowest BCUT2D eigenvalue weighted by Crippen LogP contribution is -1.67. The van der Waals surface area contributed by atoms with Gasteiger partial charge >= 0.3 is 0 Å². The molecule has 0 atom stereocenters. The molecule has 0 radical (unpaired) electrons. The van der Waals surface area contributed by atoms with Gasteiger partial charge in [-0.25, -0.2) is 0 Å². The molecule has 0 spiro atoms. The summed E-state index contributed by atoms with van der Waals surface area (Å²) in [6.45, 7) is 0. The van der Waals surface area contributed by atoms with E-state index in [0.29, 0.717) is 25.4 Å². The van der Waals surface area contributed by atoms with Crippen LogP contribution in [0.15, 0.2) is 0 Å². The van der Waals surface area contributed by atoms with Gasteiger partial charge in [0, 0.05) is 12.8 Å². The fourth-order valence-electron chi connectivity index (χ4n) is 0.353. The molecule has 2 nitrogen and oxygen atoms in total. The molecule has 0 aliphatic rings. The van der Waals surface area contributed by atoms with Crippen LogP contribution in [0.25, 0.3) is 0 Å². The summed E-state index contributed by atoms with van der Waals surface area (Å²) >= 11 is 0. The van der Waals surface area contributed by atoms with E-state index in [-0.39, 0.29) is 0 Å². The maximum Gasteiger partial charge on any atom is 0.192 e. The maximum atomic E-state index is 9.63. The minimum atomic E-state index is 0.535. The molecule has 0 aromatic carbocycles. The van der Waals surface area contributed by atoms with Crippen LogP contribution >= 0.6 is 0 Å².